The number of hydrogen-bond acceptors (Lipinski definition) is 4. The SMILES string of the molecule is CN=C(NCC(c1ccccc1OC)N1CCCC1)N1CCC(C)C(n2ccnc2)C1.I. The zero-order chi connectivity index (χ0) is 21.6. The first-order valence-corrected chi connectivity index (χ1v) is 11.5. The van der Waals surface area contributed by atoms with Gasteiger partial charge >= 0.3 is 0 Å². The van der Waals surface area contributed by atoms with Crippen LogP contribution in [-0.4, -0.2) is 72.2 Å². The zero-order valence-electron chi connectivity index (χ0n) is 19.5. The van der Waals surface area contributed by atoms with Crippen LogP contribution in [0.25, 0.3) is 0 Å². The monoisotopic (exact) mass is 552 g/mol. The number of methoxy groups -OCH3 is 1. The van der Waals surface area contributed by atoms with Gasteiger partial charge in [-0.2, -0.15) is 0 Å². The first kappa shape index (κ1) is 24.8. The molecule has 1 N–H and O–H groups in total. The van der Waals surface area contributed by atoms with Gasteiger partial charge in [-0.1, -0.05) is 25.1 Å². The maximum atomic E-state index is 5.70. The molecule has 2 aliphatic heterocycles. The molecule has 8 heteroatoms. The average Bonchev–Trinajstić information content (AvgIpc) is 3.52. The van der Waals surface area contributed by atoms with Gasteiger partial charge < -0.3 is 19.5 Å². The summed E-state index contributed by atoms with van der Waals surface area (Å²) in [6, 6.07) is 9.10. The van der Waals surface area contributed by atoms with E-state index in [-0.39, 0.29) is 30.0 Å². The highest BCUT2D eigenvalue weighted by Crippen LogP contribution is 2.32. The summed E-state index contributed by atoms with van der Waals surface area (Å²) in [6.07, 6.45) is 9.55. The van der Waals surface area contributed by atoms with Crippen molar-refractivity contribution in [1.82, 2.24) is 24.7 Å². The standard InChI is InChI=1S/C24H36N6O.HI/c1-19-10-14-29(17-22(19)30-15-11-26-18-30)24(25-2)27-16-21(28-12-6-7-13-28)20-8-4-5-9-23(20)31-3;/h4-5,8-9,11,15,18-19,21-22H,6-7,10,12-14,16-17H2,1-3H3,(H,25,27);1H. The van der Waals surface area contributed by atoms with Crippen LogP contribution in [-0.2, 0) is 0 Å². The number of piperidine rings is 1. The van der Waals surface area contributed by atoms with Crippen LogP contribution in [0.4, 0.5) is 0 Å². The number of rotatable bonds is 6. The van der Waals surface area contributed by atoms with Crippen molar-refractivity contribution in [1.29, 1.82) is 0 Å². The molecule has 2 saturated heterocycles. The Morgan fingerprint density at radius 1 is 1.25 bits per heavy atom. The van der Waals surface area contributed by atoms with Gasteiger partial charge in [-0.3, -0.25) is 9.89 Å². The van der Waals surface area contributed by atoms with E-state index in [9.17, 15) is 0 Å². The first-order chi connectivity index (χ1) is 15.2. The van der Waals surface area contributed by atoms with Crippen LogP contribution in [0.5, 0.6) is 5.75 Å². The van der Waals surface area contributed by atoms with Gasteiger partial charge in [0.2, 0.25) is 0 Å². The van der Waals surface area contributed by atoms with Crippen molar-refractivity contribution in [3.63, 3.8) is 0 Å². The second-order valence-corrected chi connectivity index (χ2v) is 8.72. The van der Waals surface area contributed by atoms with E-state index in [1.807, 2.05) is 25.6 Å². The number of aliphatic imine (C=N–C) groups is 1. The highest BCUT2D eigenvalue weighted by Gasteiger charge is 2.30. The topological polar surface area (TPSA) is 57.9 Å². The molecule has 0 amide bonds. The lowest BCUT2D eigenvalue weighted by atomic mass is 9.93. The summed E-state index contributed by atoms with van der Waals surface area (Å²) < 4.78 is 7.94. The Morgan fingerprint density at radius 2 is 2.03 bits per heavy atom. The maximum absolute atomic E-state index is 5.70. The molecule has 3 atom stereocenters. The van der Waals surface area contributed by atoms with Gasteiger partial charge in [0.15, 0.2) is 5.96 Å². The van der Waals surface area contributed by atoms with Gasteiger partial charge in [-0.15, -0.1) is 24.0 Å². The number of guanidine groups is 1. The molecular formula is C24H37IN6O. The molecule has 0 radical (unpaired) electrons. The number of imidazole rings is 1. The number of benzene rings is 1. The van der Waals surface area contributed by atoms with E-state index in [0.717, 1.165) is 50.9 Å². The number of nitrogens with one attached hydrogen (secondary N) is 1. The van der Waals surface area contributed by atoms with Crippen LogP contribution in [0.3, 0.4) is 0 Å². The van der Waals surface area contributed by atoms with Gasteiger partial charge in [-0.05, 0) is 44.3 Å². The van der Waals surface area contributed by atoms with Crippen molar-refractivity contribution in [2.75, 3.05) is 46.9 Å². The van der Waals surface area contributed by atoms with E-state index in [0.29, 0.717) is 12.0 Å². The van der Waals surface area contributed by atoms with Gasteiger partial charge in [0.05, 0.1) is 25.5 Å². The van der Waals surface area contributed by atoms with Crippen molar-refractivity contribution in [3.05, 3.63) is 48.5 Å². The van der Waals surface area contributed by atoms with Crippen LogP contribution in [0.15, 0.2) is 48.0 Å². The third-order valence-corrected chi connectivity index (χ3v) is 6.87. The Morgan fingerprint density at radius 3 is 2.72 bits per heavy atom. The highest BCUT2D eigenvalue weighted by molar-refractivity contribution is 14.0. The Kier molecular flexibility index (Phi) is 9.22. The third-order valence-electron chi connectivity index (χ3n) is 6.87. The first-order valence-electron chi connectivity index (χ1n) is 11.5. The van der Waals surface area contributed by atoms with Crippen molar-refractivity contribution in [2.24, 2.45) is 10.9 Å². The molecule has 2 aliphatic rings. The fraction of sp³-hybridized carbons (Fsp3) is 0.583. The molecule has 3 heterocycles. The summed E-state index contributed by atoms with van der Waals surface area (Å²) in [5.41, 5.74) is 1.25. The maximum Gasteiger partial charge on any atom is 0.193 e. The minimum absolute atomic E-state index is 0. The number of aromatic nitrogens is 2. The van der Waals surface area contributed by atoms with Crippen LogP contribution in [0, 0.1) is 5.92 Å². The number of hydrogen-bond donors (Lipinski definition) is 1. The summed E-state index contributed by atoms with van der Waals surface area (Å²) in [7, 11) is 3.65. The van der Waals surface area contributed by atoms with Crippen LogP contribution < -0.4 is 10.1 Å². The zero-order valence-corrected chi connectivity index (χ0v) is 21.8. The van der Waals surface area contributed by atoms with E-state index in [2.05, 4.69) is 61.0 Å². The molecule has 1 aromatic heterocycles. The molecule has 3 unspecified atom stereocenters. The summed E-state index contributed by atoms with van der Waals surface area (Å²) in [5, 5.41) is 3.70. The Hall–Kier alpha value is -1.81. The van der Waals surface area contributed by atoms with E-state index in [1.54, 1.807) is 7.11 Å². The number of para-hydroxylation sites is 1. The minimum Gasteiger partial charge on any atom is -0.496 e. The number of nitrogens with zero attached hydrogens (tertiary/aromatic N) is 5. The minimum atomic E-state index is 0. The van der Waals surface area contributed by atoms with Crippen molar-refractivity contribution < 1.29 is 4.74 Å². The van der Waals surface area contributed by atoms with E-state index in [4.69, 9.17) is 4.74 Å². The lowest BCUT2D eigenvalue weighted by Crippen LogP contribution is -2.50. The van der Waals surface area contributed by atoms with Crippen molar-refractivity contribution >= 4 is 29.9 Å². The number of likely N-dealkylation sites (tertiary alicyclic amines) is 2. The molecule has 0 saturated carbocycles. The van der Waals surface area contributed by atoms with Crippen LogP contribution >= 0.6 is 24.0 Å². The molecule has 7 nitrogen and oxygen atoms in total. The van der Waals surface area contributed by atoms with Crippen molar-refractivity contribution in [3.8, 4) is 5.75 Å². The molecule has 4 rings (SSSR count). The largest absolute Gasteiger partial charge is 0.496 e. The normalized spacial score (nSPS) is 23.0. The second-order valence-electron chi connectivity index (χ2n) is 8.72. The molecule has 2 fully saturated rings. The quantitative estimate of drug-likeness (QED) is 0.336. The molecule has 2 aromatic rings. The summed E-state index contributed by atoms with van der Waals surface area (Å²) in [4.78, 5) is 13.9. The fourth-order valence-electron chi connectivity index (χ4n) is 5.05. The molecule has 0 aliphatic carbocycles. The number of halogens is 1. The summed E-state index contributed by atoms with van der Waals surface area (Å²) in [5.74, 6) is 2.56. The lowest BCUT2D eigenvalue weighted by molar-refractivity contribution is 0.186. The predicted molar refractivity (Wildman–Crippen MR) is 140 cm³/mol. The molecule has 1 aromatic carbocycles. The molecule has 0 bridgehead atoms. The molecule has 0 spiro atoms. The van der Waals surface area contributed by atoms with Crippen LogP contribution in [0.2, 0.25) is 0 Å². The smallest absolute Gasteiger partial charge is 0.193 e. The summed E-state index contributed by atoms with van der Waals surface area (Å²) >= 11 is 0. The second kappa shape index (κ2) is 11.9. The summed E-state index contributed by atoms with van der Waals surface area (Å²) in [6.45, 7) is 7.38. The average molecular weight is 553 g/mol. The number of ether oxygens (including phenoxy) is 1. The van der Waals surface area contributed by atoms with Gasteiger partial charge in [0, 0.05) is 44.6 Å². The molecule has 32 heavy (non-hydrogen) atoms. The van der Waals surface area contributed by atoms with Gasteiger partial charge in [0.25, 0.3) is 0 Å². The van der Waals surface area contributed by atoms with Crippen molar-refractivity contribution in [2.45, 2.75) is 38.3 Å². The Bertz CT molecular complexity index is 852. The lowest BCUT2D eigenvalue weighted by Gasteiger charge is -2.40. The fourth-order valence-corrected chi connectivity index (χ4v) is 5.05. The Balaban J connectivity index is 0.00000289. The highest BCUT2D eigenvalue weighted by atomic mass is 127. The van der Waals surface area contributed by atoms with Gasteiger partial charge in [-0.25, -0.2) is 4.98 Å². The predicted octanol–water partition coefficient (Wildman–Crippen LogP) is 3.81. The molecule has 176 valence electrons. The van der Waals surface area contributed by atoms with E-state index >= 15 is 0 Å². The third kappa shape index (κ3) is 5.57. The van der Waals surface area contributed by atoms with E-state index < -0.39 is 0 Å². The Labute approximate surface area is 209 Å². The van der Waals surface area contributed by atoms with Crippen LogP contribution in [0.1, 0.15) is 43.8 Å². The van der Waals surface area contributed by atoms with Gasteiger partial charge in [0.1, 0.15) is 5.75 Å². The molecular weight excluding hydrogens is 515 g/mol. The van der Waals surface area contributed by atoms with E-state index in [1.165, 1.54) is 18.4 Å².